The molecule has 0 saturated carbocycles. The van der Waals surface area contributed by atoms with Crippen molar-refractivity contribution in [2.75, 3.05) is 13.2 Å². The average molecular weight is 364 g/mol. The molecule has 0 atom stereocenters. The Morgan fingerprint density at radius 2 is 1.81 bits per heavy atom. The highest BCUT2D eigenvalue weighted by atomic mass is 16.5. The van der Waals surface area contributed by atoms with Gasteiger partial charge in [-0.15, -0.1) is 0 Å². The van der Waals surface area contributed by atoms with Crippen LogP contribution >= 0.6 is 0 Å². The molecule has 3 aromatic rings. The molecule has 0 aliphatic heterocycles. The molecule has 1 aromatic heterocycles. The maximum absolute atomic E-state index is 13.0. The van der Waals surface area contributed by atoms with Crippen molar-refractivity contribution in [2.45, 2.75) is 26.8 Å². The van der Waals surface area contributed by atoms with Crippen molar-refractivity contribution in [2.24, 2.45) is 0 Å². The first-order chi connectivity index (χ1) is 13.1. The third kappa shape index (κ3) is 4.37. The van der Waals surface area contributed by atoms with Gasteiger partial charge in [0.1, 0.15) is 5.75 Å². The number of amides is 1. The molecule has 27 heavy (non-hydrogen) atoms. The molecule has 140 valence electrons. The number of hydrogen-bond acceptors (Lipinski definition) is 3. The molecule has 0 spiro atoms. The van der Waals surface area contributed by atoms with Gasteiger partial charge < -0.3 is 14.6 Å². The standard InChI is InChI=1S/C22H24N2O3/c1-3-13-24(22(26)16-9-11-19(12-10-16)27-4-2)15-18-14-17-7-5-6-8-20(17)23-21(18)25/h5-12,14H,3-4,13,15H2,1-2H3,(H,23,25). The number of carbonyl (C=O) groups is 1. The number of fused-ring (bicyclic) bond motifs is 1. The number of rotatable bonds is 7. The summed E-state index contributed by atoms with van der Waals surface area (Å²) in [5.41, 5.74) is 1.81. The van der Waals surface area contributed by atoms with Crippen LogP contribution in [0.15, 0.2) is 59.4 Å². The van der Waals surface area contributed by atoms with Crippen molar-refractivity contribution in [1.29, 1.82) is 0 Å². The molecule has 3 rings (SSSR count). The predicted molar refractivity (Wildman–Crippen MR) is 107 cm³/mol. The zero-order chi connectivity index (χ0) is 19.2. The first-order valence-electron chi connectivity index (χ1n) is 9.25. The Morgan fingerprint density at radius 1 is 1.07 bits per heavy atom. The highest BCUT2D eigenvalue weighted by Crippen LogP contribution is 2.16. The van der Waals surface area contributed by atoms with Crippen LogP contribution in [-0.4, -0.2) is 28.9 Å². The molecular weight excluding hydrogens is 340 g/mol. The van der Waals surface area contributed by atoms with Crippen LogP contribution < -0.4 is 10.3 Å². The van der Waals surface area contributed by atoms with Gasteiger partial charge >= 0.3 is 0 Å². The summed E-state index contributed by atoms with van der Waals surface area (Å²) in [6.45, 7) is 5.38. The molecule has 1 N–H and O–H groups in total. The molecule has 5 nitrogen and oxygen atoms in total. The Balaban J connectivity index is 1.86. The molecule has 0 aliphatic carbocycles. The van der Waals surface area contributed by atoms with E-state index in [4.69, 9.17) is 4.74 Å². The Morgan fingerprint density at radius 3 is 2.52 bits per heavy atom. The van der Waals surface area contributed by atoms with Crippen LogP contribution in [0.2, 0.25) is 0 Å². The van der Waals surface area contributed by atoms with Gasteiger partial charge in [0, 0.05) is 23.2 Å². The van der Waals surface area contributed by atoms with Crippen molar-refractivity contribution in [3.63, 3.8) is 0 Å². The van der Waals surface area contributed by atoms with E-state index in [1.165, 1.54) is 0 Å². The van der Waals surface area contributed by atoms with Crippen LogP contribution in [0.4, 0.5) is 0 Å². The van der Waals surface area contributed by atoms with Crippen molar-refractivity contribution >= 4 is 16.8 Å². The van der Waals surface area contributed by atoms with Gasteiger partial charge in [0.05, 0.1) is 13.2 Å². The van der Waals surface area contributed by atoms with E-state index in [9.17, 15) is 9.59 Å². The number of nitrogens with zero attached hydrogens (tertiary/aromatic N) is 1. The summed E-state index contributed by atoms with van der Waals surface area (Å²) >= 11 is 0. The average Bonchev–Trinajstić information content (AvgIpc) is 2.68. The lowest BCUT2D eigenvalue weighted by molar-refractivity contribution is 0.0742. The fourth-order valence-electron chi connectivity index (χ4n) is 3.08. The first kappa shape index (κ1) is 18.7. The van der Waals surface area contributed by atoms with E-state index in [0.29, 0.717) is 24.3 Å². The molecule has 0 fully saturated rings. The minimum atomic E-state index is -0.158. The maximum atomic E-state index is 13.0. The lowest BCUT2D eigenvalue weighted by Gasteiger charge is -2.22. The lowest BCUT2D eigenvalue weighted by Crippen LogP contribution is -2.33. The molecule has 0 saturated heterocycles. The van der Waals surface area contributed by atoms with Crippen molar-refractivity contribution in [3.05, 3.63) is 76.1 Å². The molecular formula is C22H24N2O3. The lowest BCUT2D eigenvalue weighted by atomic mass is 10.1. The normalized spacial score (nSPS) is 10.7. The minimum absolute atomic E-state index is 0.0903. The molecule has 0 radical (unpaired) electrons. The van der Waals surface area contributed by atoms with Crippen LogP contribution in [0.5, 0.6) is 5.75 Å². The molecule has 0 bridgehead atoms. The molecule has 2 aromatic carbocycles. The fraction of sp³-hybridized carbons (Fsp3) is 0.273. The number of H-pyrrole nitrogens is 1. The summed E-state index contributed by atoms with van der Waals surface area (Å²) < 4.78 is 5.43. The third-order valence-corrected chi connectivity index (χ3v) is 4.38. The van der Waals surface area contributed by atoms with Gasteiger partial charge in [-0.3, -0.25) is 9.59 Å². The van der Waals surface area contributed by atoms with Gasteiger partial charge in [-0.1, -0.05) is 25.1 Å². The smallest absolute Gasteiger partial charge is 0.254 e. The highest BCUT2D eigenvalue weighted by Gasteiger charge is 2.17. The third-order valence-electron chi connectivity index (χ3n) is 4.38. The fourth-order valence-corrected chi connectivity index (χ4v) is 3.08. The number of ether oxygens (including phenoxy) is 1. The van der Waals surface area contributed by atoms with Gasteiger partial charge in [-0.2, -0.15) is 0 Å². The topological polar surface area (TPSA) is 62.4 Å². The second-order valence-corrected chi connectivity index (χ2v) is 6.40. The van der Waals surface area contributed by atoms with Gasteiger partial charge in [0.2, 0.25) is 0 Å². The van der Waals surface area contributed by atoms with E-state index in [2.05, 4.69) is 4.98 Å². The summed E-state index contributed by atoms with van der Waals surface area (Å²) in [4.78, 5) is 30.0. The number of hydrogen-bond donors (Lipinski definition) is 1. The van der Waals surface area contributed by atoms with E-state index in [-0.39, 0.29) is 18.0 Å². The van der Waals surface area contributed by atoms with Gasteiger partial charge in [-0.05, 0) is 55.1 Å². The van der Waals surface area contributed by atoms with Crippen molar-refractivity contribution in [3.8, 4) is 5.75 Å². The van der Waals surface area contributed by atoms with Crippen LogP contribution in [0.3, 0.4) is 0 Å². The molecule has 0 unspecified atom stereocenters. The molecule has 0 aliphatic rings. The highest BCUT2D eigenvalue weighted by molar-refractivity contribution is 5.94. The van der Waals surface area contributed by atoms with Crippen LogP contribution in [0, 0.1) is 0 Å². The quantitative estimate of drug-likeness (QED) is 0.690. The maximum Gasteiger partial charge on any atom is 0.254 e. The van der Waals surface area contributed by atoms with E-state index in [0.717, 1.165) is 23.1 Å². The summed E-state index contributed by atoms with van der Waals surface area (Å²) in [5.74, 6) is 0.648. The Kier molecular flexibility index (Phi) is 5.91. The van der Waals surface area contributed by atoms with E-state index in [1.54, 1.807) is 29.2 Å². The number of carbonyl (C=O) groups excluding carboxylic acids is 1. The number of aromatic amines is 1. The first-order valence-corrected chi connectivity index (χ1v) is 9.25. The Hall–Kier alpha value is -3.08. The van der Waals surface area contributed by atoms with Crippen molar-refractivity contribution < 1.29 is 9.53 Å². The summed E-state index contributed by atoms with van der Waals surface area (Å²) in [6, 6.07) is 16.6. The van der Waals surface area contributed by atoms with Crippen molar-refractivity contribution in [1.82, 2.24) is 9.88 Å². The largest absolute Gasteiger partial charge is 0.494 e. The number of benzene rings is 2. The van der Waals surface area contributed by atoms with E-state index in [1.807, 2.05) is 44.2 Å². The second kappa shape index (κ2) is 8.54. The SMILES string of the molecule is CCCN(Cc1cc2ccccc2[nH]c1=O)C(=O)c1ccc(OCC)cc1. The number of pyridine rings is 1. The van der Waals surface area contributed by atoms with E-state index < -0.39 is 0 Å². The summed E-state index contributed by atoms with van der Waals surface area (Å²) in [7, 11) is 0. The Bertz CT molecular complexity index is 977. The predicted octanol–water partition coefficient (Wildman–Crippen LogP) is 3.98. The number of nitrogens with one attached hydrogen (secondary N) is 1. The van der Waals surface area contributed by atoms with Crippen LogP contribution in [0.1, 0.15) is 36.2 Å². The van der Waals surface area contributed by atoms with Gasteiger partial charge in [0.15, 0.2) is 0 Å². The summed E-state index contributed by atoms with van der Waals surface area (Å²) in [5, 5.41) is 0.956. The summed E-state index contributed by atoms with van der Waals surface area (Å²) in [6.07, 6.45) is 0.814. The molecule has 1 amide bonds. The second-order valence-electron chi connectivity index (χ2n) is 6.40. The number of aromatic nitrogens is 1. The Labute approximate surface area is 158 Å². The number of para-hydroxylation sites is 1. The van der Waals surface area contributed by atoms with Gasteiger partial charge in [-0.25, -0.2) is 0 Å². The van der Waals surface area contributed by atoms with Crippen LogP contribution in [0.25, 0.3) is 10.9 Å². The monoisotopic (exact) mass is 364 g/mol. The van der Waals surface area contributed by atoms with E-state index >= 15 is 0 Å². The van der Waals surface area contributed by atoms with Gasteiger partial charge in [0.25, 0.3) is 11.5 Å². The van der Waals surface area contributed by atoms with Crippen LogP contribution in [-0.2, 0) is 6.54 Å². The zero-order valence-electron chi connectivity index (χ0n) is 15.7. The molecule has 1 heterocycles. The minimum Gasteiger partial charge on any atom is -0.494 e. The zero-order valence-corrected chi connectivity index (χ0v) is 15.7. The molecule has 5 heteroatoms.